The molecule has 0 saturated carbocycles. The number of methoxy groups -OCH3 is 4. The first-order chi connectivity index (χ1) is 15.5. The van der Waals surface area contributed by atoms with Crippen molar-refractivity contribution in [3.8, 4) is 23.0 Å². The van der Waals surface area contributed by atoms with Crippen molar-refractivity contribution in [2.45, 2.75) is 26.1 Å². The molecule has 174 valence electrons. The SMILES string of the molecule is CCCC(OOC(=O)c1ccc(OC)c(OC)c1)OOC(=O)c1ccc(OC)c(OC)c1. The molecule has 0 aliphatic rings. The summed E-state index contributed by atoms with van der Waals surface area (Å²) in [4.78, 5) is 44.3. The highest BCUT2D eigenvalue weighted by Gasteiger charge is 2.20. The van der Waals surface area contributed by atoms with Gasteiger partial charge in [0.1, 0.15) is 0 Å². The second-order valence-electron chi connectivity index (χ2n) is 6.29. The topological polar surface area (TPSA) is 108 Å². The summed E-state index contributed by atoms with van der Waals surface area (Å²) in [6.07, 6.45) is -0.238. The first-order valence-electron chi connectivity index (χ1n) is 9.66. The van der Waals surface area contributed by atoms with Crippen LogP contribution in [-0.2, 0) is 19.6 Å². The maximum absolute atomic E-state index is 12.3. The molecule has 2 aromatic rings. The molecule has 0 heterocycles. The Kier molecular flexibility index (Phi) is 9.58. The third-order valence-electron chi connectivity index (χ3n) is 4.23. The van der Waals surface area contributed by atoms with Crippen molar-refractivity contribution in [3.05, 3.63) is 47.5 Å². The van der Waals surface area contributed by atoms with E-state index < -0.39 is 18.2 Å². The van der Waals surface area contributed by atoms with Crippen molar-refractivity contribution in [3.63, 3.8) is 0 Å². The second kappa shape index (κ2) is 12.4. The van der Waals surface area contributed by atoms with Crippen LogP contribution in [0.4, 0.5) is 0 Å². The zero-order valence-electron chi connectivity index (χ0n) is 18.5. The van der Waals surface area contributed by atoms with Gasteiger partial charge in [0.05, 0.1) is 39.6 Å². The third kappa shape index (κ3) is 6.50. The van der Waals surface area contributed by atoms with Crippen LogP contribution in [0.15, 0.2) is 36.4 Å². The predicted octanol–water partition coefficient (Wildman–Crippen LogP) is 3.72. The summed E-state index contributed by atoms with van der Waals surface area (Å²) in [7, 11) is 5.85. The first kappa shape index (κ1) is 24.8. The maximum atomic E-state index is 12.3. The van der Waals surface area contributed by atoms with Gasteiger partial charge in [-0.2, -0.15) is 0 Å². The Morgan fingerprint density at radius 3 is 1.44 bits per heavy atom. The van der Waals surface area contributed by atoms with E-state index in [1.807, 2.05) is 6.92 Å². The molecule has 0 aliphatic carbocycles. The van der Waals surface area contributed by atoms with Crippen LogP contribution in [0.1, 0.15) is 40.5 Å². The lowest BCUT2D eigenvalue weighted by molar-refractivity contribution is -0.421. The Labute approximate surface area is 185 Å². The van der Waals surface area contributed by atoms with Gasteiger partial charge in [0.25, 0.3) is 0 Å². The lowest BCUT2D eigenvalue weighted by atomic mass is 10.2. The number of hydrogen-bond acceptors (Lipinski definition) is 10. The molecule has 0 bridgehead atoms. The molecule has 0 fully saturated rings. The van der Waals surface area contributed by atoms with Crippen LogP contribution in [0.5, 0.6) is 23.0 Å². The summed E-state index contributed by atoms with van der Waals surface area (Å²) >= 11 is 0. The summed E-state index contributed by atoms with van der Waals surface area (Å²) in [5, 5.41) is 0. The van der Waals surface area contributed by atoms with Crippen molar-refractivity contribution < 1.29 is 48.1 Å². The first-order valence-corrected chi connectivity index (χ1v) is 9.66. The number of carbonyl (C=O) groups excluding carboxylic acids is 2. The molecule has 0 unspecified atom stereocenters. The fourth-order valence-corrected chi connectivity index (χ4v) is 2.57. The van der Waals surface area contributed by atoms with Crippen LogP contribution in [-0.4, -0.2) is 46.7 Å². The normalized spacial score (nSPS) is 10.4. The quantitative estimate of drug-likeness (QED) is 0.270. The molecule has 0 atom stereocenters. The van der Waals surface area contributed by atoms with E-state index in [1.165, 1.54) is 52.7 Å². The van der Waals surface area contributed by atoms with E-state index in [0.29, 0.717) is 35.8 Å². The van der Waals surface area contributed by atoms with Gasteiger partial charge >= 0.3 is 11.9 Å². The maximum Gasteiger partial charge on any atom is 0.373 e. The molecular formula is C22H26O10. The van der Waals surface area contributed by atoms with E-state index in [2.05, 4.69) is 0 Å². The number of ether oxygens (including phenoxy) is 4. The minimum Gasteiger partial charge on any atom is -0.493 e. The molecule has 0 radical (unpaired) electrons. The molecule has 0 saturated heterocycles. The molecule has 0 spiro atoms. The van der Waals surface area contributed by atoms with E-state index in [9.17, 15) is 9.59 Å². The third-order valence-corrected chi connectivity index (χ3v) is 4.23. The minimum atomic E-state index is -1.13. The van der Waals surface area contributed by atoms with E-state index in [4.69, 9.17) is 38.5 Å². The Hall–Kier alpha value is -3.50. The largest absolute Gasteiger partial charge is 0.493 e. The van der Waals surface area contributed by atoms with Gasteiger partial charge in [0.15, 0.2) is 23.0 Å². The molecular weight excluding hydrogens is 424 g/mol. The summed E-state index contributed by atoms with van der Waals surface area (Å²) in [6.45, 7) is 1.85. The van der Waals surface area contributed by atoms with Gasteiger partial charge in [-0.3, -0.25) is 9.78 Å². The van der Waals surface area contributed by atoms with Crippen molar-refractivity contribution in [1.82, 2.24) is 0 Å². The second-order valence-corrected chi connectivity index (χ2v) is 6.29. The summed E-state index contributed by atoms with van der Waals surface area (Å²) in [6, 6.07) is 8.97. The van der Waals surface area contributed by atoms with Crippen LogP contribution in [0.3, 0.4) is 0 Å². The molecule has 10 nitrogen and oxygen atoms in total. The van der Waals surface area contributed by atoms with Crippen LogP contribution in [0.25, 0.3) is 0 Å². The molecule has 0 aromatic heterocycles. The fourth-order valence-electron chi connectivity index (χ4n) is 2.57. The van der Waals surface area contributed by atoms with Gasteiger partial charge in [-0.05, 0) is 36.4 Å². The van der Waals surface area contributed by atoms with E-state index >= 15 is 0 Å². The zero-order chi connectivity index (χ0) is 23.5. The smallest absolute Gasteiger partial charge is 0.373 e. The van der Waals surface area contributed by atoms with Crippen molar-refractivity contribution in [1.29, 1.82) is 0 Å². The Bertz CT molecular complexity index is 840. The van der Waals surface area contributed by atoms with Gasteiger partial charge < -0.3 is 18.9 Å². The standard InChI is InChI=1S/C22H26O10/c1-6-7-20(29-31-21(23)14-8-10-16(25-2)18(12-14)27-4)30-32-22(24)15-9-11-17(26-3)19(13-15)28-5/h8-13,20H,6-7H2,1-5H3. The fraction of sp³-hybridized carbons (Fsp3) is 0.364. The zero-order valence-corrected chi connectivity index (χ0v) is 18.5. The summed E-state index contributed by atoms with van der Waals surface area (Å²) in [5.41, 5.74) is 0.334. The molecule has 0 amide bonds. The van der Waals surface area contributed by atoms with E-state index in [-0.39, 0.29) is 11.1 Å². The van der Waals surface area contributed by atoms with Gasteiger partial charge in [-0.15, -0.1) is 9.78 Å². The number of carbonyl (C=O) groups is 2. The van der Waals surface area contributed by atoms with Crippen LogP contribution < -0.4 is 18.9 Å². The van der Waals surface area contributed by atoms with Crippen molar-refractivity contribution in [2.24, 2.45) is 0 Å². The van der Waals surface area contributed by atoms with Crippen LogP contribution >= 0.6 is 0 Å². The van der Waals surface area contributed by atoms with E-state index in [1.54, 1.807) is 12.1 Å². The Morgan fingerprint density at radius 2 is 1.09 bits per heavy atom. The Balaban J connectivity index is 1.96. The average Bonchev–Trinajstić information content (AvgIpc) is 2.84. The highest BCUT2D eigenvalue weighted by Crippen LogP contribution is 2.29. The summed E-state index contributed by atoms with van der Waals surface area (Å²) < 4.78 is 20.6. The molecule has 32 heavy (non-hydrogen) atoms. The molecule has 0 N–H and O–H groups in total. The highest BCUT2D eigenvalue weighted by atomic mass is 17.3. The molecule has 10 heteroatoms. The van der Waals surface area contributed by atoms with Gasteiger partial charge in [0, 0.05) is 6.42 Å². The average molecular weight is 450 g/mol. The predicted molar refractivity (Wildman–Crippen MR) is 111 cm³/mol. The van der Waals surface area contributed by atoms with Crippen molar-refractivity contribution in [2.75, 3.05) is 28.4 Å². The van der Waals surface area contributed by atoms with E-state index in [0.717, 1.165) is 0 Å². The van der Waals surface area contributed by atoms with Crippen LogP contribution in [0, 0.1) is 0 Å². The lowest BCUT2D eigenvalue weighted by Crippen LogP contribution is -2.22. The van der Waals surface area contributed by atoms with Gasteiger partial charge in [0.2, 0.25) is 6.29 Å². The summed E-state index contributed by atoms with van der Waals surface area (Å²) in [5.74, 6) is 0.0431. The van der Waals surface area contributed by atoms with Crippen molar-refractivity contribution >= 4 is 11.9 Å². The number of hydrogen-bond donors (Lipinski definition) is 0. The lowest BCUT2D eigenvalue weighted by Gasteiger charge is -2.15. The Morgan fingerprint density at radius 1 is 0.688 bits per heavy atom. The molecule has 2 rings (SSSR count). The minimum absolute atomic E-state index is 0.167. The van der Waals surface area contributed by atoms with Crippen LogP contribution in [0.2, 0.25) is 0 Å². The highest BCUT2D eigenvalue weighted by molar-refractivity contribution is 5.90. The van der Waals surface area contributed by atoms with Gasteiger partial charge in [-0.1, -0.05) is 13.3 Å². The monoisotopic (exact) mass is 450 g/mol. The number of rotatable bonds is 12. The molecule has 0 aliphatic heterocycles. The molecule has 2 aromatic carbocycles. The number of benzene rings is 2. The van der Waals surface area contributed by atoms with Gasteiger partial charge in [-0.25, -0.2) is 9.59 Å².